The van der Waals surface area contributed by atoms with Gasteiger partial charge < -0.3 is 14.9 Å². The fourth-order valence-corrected chi connectivity index (χ4v) is 4.20. The van der Waals surface area contributed by atoms with Gasteiger partial charge in [0.15, 0.2) is 11.6 Å². The number of benzene rings is 1. The van der Waals surface area contributed by atoms with Gasteiger partial charge in [-0.3, -0.25) is 4.57 Å². The number of alkyl halides is 1. The zero-order chi connectivity index (χ0) is 23.7. The van der Waals surface area contributed by atoms with E-state index in [4.69, 9.17) is 0 Å². The van der Waals surface area contributed by atoms with Crippen molar-refractivity contribution in [2.75, 3.05) is 26.0 Å². The summed E-state index contributed by atoms with van der Waals surface area (Å²) < 4.78 is 15.9. The van der Waals surface area contributed by atoms with Gasteiger partial charge in [-0.15, -0.1) is 10.2 Å². The molecule has 0 spiro atoms. The number of rotatable bonds is 5. The fraction of sp³-hybridized carbons (Fsp3) is 0.435. The number of nitrogens with zero attached hydrogens (tertiary/aromatic N) is 7. The van der Waals surface area contributed by atoms with Crippen LogP contribution in [-0.4, -0.2) is 74.1 Å². The Morgan fingerprint density at radius 1 is 1.12 bits per heavy atom. The molecule has 1 aliphatic rings. The summed E-state index contributed by atoms with van der Waals surface area (Å²) in [6.07, 6.45) is 2.56. The van der Waals surface area contributed by atoms with Crippen molar-refractivity contribution in [3.63, 3.8) is 0 Å². The molecule has 1 N–H and O–H groups in total. The lowest BCUT2D eigenvalue weighted by molar-refractivity contribution is 0.137. The summed E-state index contributed by atoms with van der Waals surface area (Å²) in [7, 11) is 7.46. The van der Waals surface area contributed by atoms with Crippen LogP contribution in [0.2, 0.25) is 0 Å². The third-order valence-corrected chi connectivity index (χ3v) is 6.33. The molecule has 0 saturated heterocycles. The number of aromatic hydroxyl groups is 1. The van der Waals surface area contributed by atoms with E-state index in [1.807, 2.05) is 26.0 Å². The van der Waals surface area contributed by atoms with Gasteiger partial charge in [0.05, 0.1) is 11.7 Å². The fourth-order valence-electron chi connectivity index (χ4n) is 4.20. The summed E-state index contributed by atoms with van der Waals surface area (Å²) >= 11 is 0. The van der Waals surface area contributed by atoms with Gasteiger partial charge in [-0.05, 0) is 57.6 Å². The molecule has 33 heavy (non-hydrogen) atoms. The monoisotopic (exact) mass is 453 g/mol. The molecule has 10 heteroatoms. The molecule has 1 fully saturated rings. The normalized spacial score (nSPS) is 20.7. The van der Waals surface area contributed by atoms with Gasteiger partial charge in [-0.1, -0.05) is 6.07 Å². The Balaban J connectivity index is 1.54. The zero-order valence-electron chi connectivity index (χ0n) is 19.2. The van der Waals surface area contributed by atoms with Crippen LogP contribution >= 0.6 is 0 Å². The van der Waals surface area contributed by atoms with E-state index in [2.05, 4.69) is 25.1 Å². The first-order valence-electron chi connectivity index (χ1n) is 10.8. The number of hydrogen-bond donors (Lipinski definition) is 1. The maximum absolute atomic E-state index is 14.7. The van der Waals surface area contributed by atoms with Crippen LogP contribution in [0.1, 0.15) is 19.3 Å². The number of aryl methyl sites for hydroxylation is 1. The molecule has 0 bridgehead atoms. The van der Waals surface area contributed by atoms with Gasteiger partial charge >= 0.3 is 5.69 Å². The van der Waals surface area contributed by atoms with E-state index in [0.717, 1.165) is 12.8 Å². The van der Waals surface area contributed by atoms with Crippen molar-refractivity contribution in [1.82, 2.24) is 29.6 Å². The maximum Gasteiger partial charge on any atom is 0.350 e. The van der Waals surface area contributed by atoms with Crippen molar-refractivity contribution in [1.29, 1.82) is 0 Å². The van der Waals surface area contributed by atoms with E-state index in [-0.39, 0.29) is 17.6 Å². The van der Waals surface area contributed by atoms with Crippen LogP contribution in [0.3, 0.4) is 0 Å². The van der Waals surface area contributed by atoms with Gasteiger partial charge in [0, 0.05) is 31.3 Å². The summed E-state index contributed by atoms with van der Waals surface area (Å²) in [6, 6.07) is 8.48. The van der Waals surface area contributed by atoms with Crippen molar-refractivity contribution in [2.24, 2.45) is 7.05 Å². The highest BCUT2D eigenvalue weighted by atomic mass is 19.1. The lowest BCUT2D eigenvalue weighted by atomic mass is 9.88. The maximum atomic E-state index is 14.7. The topological polar surface area (TPSA) is 100 Å². The Hall–Kier alpha value is -3.40. The number of phenols is 1. The van der Waals surface area contributed by atoms with E-state index >= 15 is 0 Å². The molecule has 2 unspecified atom stereocenters. The Labute approximate surface area is 191 Å². The van der Waals surface area contributed by atoms with Gasteiger partial charge in [0.1, 0.15) is 18.2 Å². The highest BCUT2D eigenvalue weighted by Gasteiger charge is 2.34. The summed E-state index contributed by atoms with van der Waals surface area (Å²) in [4.78, 5) is 23.8. The molecule has 3 aromatic rings. The molecule has 174 valence electrons. The number of anilines is 1. The molecular weight excluding hydrogens is 425 g/mol. The first kappa shape index (κ1) is 22.8. The minimum Gasteiger partial charge on any atom is -0.507 e. The Kier molecular flexibility index (Phi) is 6.37. The highest BCUT2D eigenvalue weighted by molar-refractivity contribution is 5.72. The molecule has 3 atom stereocenters. The molecule has 2 aromatic heterocycles. The molecule has 0 radical (unpaired) electrons. The third-order valence-electron chi connectivity index (χ3n) is 6.33. The number of phenolic OH excluding ortho intramolecular Hbond substituents is 1. The van der Waals surface area contributed by atoms with E-state index in [9.17, 15) is 14.3 Å². The average molecular weight is 454 g/mol. The second kappa shape index (κ2) is 9.22. The lowest BCUT2D eigenvalue weighted by Gasteiger charge is -2.40. The Bertz CT molecular complexity index is 1180. The summed E-state index contributed by atoms with van der Waals surface area (Å²) in [5, 5.41) is 19.1. The van der Waals surface area contributed by atoms with Crippen LogP contribution in [0.5, 0.6) is 5.75 Å². The number of aromatic nitrogens is 5. The van der Waals surface area contributed by atoms with Crippen LogP contribution < -0.4 is 10.6 Å². The molecule has 2 heterocycles. The van der Waals surface area contributed by atoms with E-state index in [1.54, 1.807) is 31.3 Å². The van der Waals surface area contributed by atoms with E-state index in [0.29, 0.717) is 35.1 Å². The van der Waals surface area contributed by atoms with Gasteiger partial charge in [-0.2, -0.15) is 4.98 Å². The molecule has 0 amide bonds. The molecular formula is C23H28FN7O2. The lowest BCUT2D eigenvalue weighted by Crippen LogP contribution is -2.48. The first-order chi connectivity index (χ1) is 15.7. The van der Waals surface area contributed by atoms with Crippen LogP contribution in [-0.2, 0) is 7.05 Å². The molecule has 1 saturated carbocycles. The number of halogens is 1. The predicted octanol–water partition coefficient (Wildman–Crippen LogP) is 2.26. The van der Waals surface area contributed by atoms with Crippen LogP contribution in [0, 0.1) is 0 Å². The van der Waals surface area contributed by atoms with Gasteiger partial charge in [-0.25, -0.2) is 14.2 Å². The third kappa shape index (κ3) is 4.70. The van der Waals surface area contributed by atoms with Crippen LogP contribution in [0.15, 0.2) is 41.5 Å². The first-order valence-corrected chi connectivity index (χ1v) is 10.8. The summed E-state index contributed by atoms with van der Waals surface area (Å²) in [5.41, 5.74) is 1.05. The van der Waals surface area contributed by atoms with Crippen molar-refractivity contribution < 1.29 is 9.50 Å². The molecule has 4 rings (SSSR count). The smallest absolute Gasteiger partial charge is 0.350 e. The predicted molar refractivity (Wildman–Crippen MR) is 124 cm³/mol. The van der Waals surface area contributed by atoms with Crippen molar-refractivity contribution in [2.45, 2.75) is 37.5 Å². The van der Waals surface area contributed by atoms with Crippen LogP contribution in [0.4, 0.5) is 10.2 Å². The Morgan fingerprint density at radius 2 is 1.91 bits per heavy atom. The van der Waals surface area contributed by atoms with Gasteiger partial charge in [0.25, 0.3) is 0 Å². The number of hydrogen-bond acceptors (Lipinski definition) is 8. The summed E-state index contributed by atoms with van der Waals surface area (Å²) in [5.74, 6) is 0.778. The van der Waals surface area contributed by atoms with Crippen molar-refractivity contribution in [3.05, 3.63) is 47.1 Å². The van der Waals surface area contributed by atoms with Crippen LogP contribution in [0.25, 0.3) is 22.6 Å². The Morgan fingerprint density at radius 3 is 2.55 bits per heavy atom. The average Bonchev–Trinajstić information content (AvgIpc) is 2.80. The molecule has 0 aliphatic heterocycles. The highest BCUT2D eigenvalue weighted by Crippen LogP contribution is 2.33. The van der Waals surface area contributed by atoms with Crippen molar-refractivity contribution in [3.8, 4) is 28.4 Å². The van der Waals surface area contributed by atoms with Crippen molar-refractivity contribution >= 4 is 5.82 Å². The second-order valence-electron chi connectivity index (χ2n) is 8.71. The largest absolute Gasteiger partial charge is 0.507 e. The SMILES string of the molecule is CN(C)C1CCC(F)[C@H](N(C)c2ccc(-c3ccc(-c4ncn(C)c(=O)n4)cc3O)nn2)C1. The van der Waals surface area contributed by atoms with E-state index < -0.39 is 11.9 Å². The minimum absolute atomic E-state index is 0.0305. The quantitative estimate of drug-likeness (QED) is 0.628. The second-order valence-corrected chi connectivity index (χ2v) is 8.71. The van der Waals surface area contributed by atoms with Gasteiger partial charge in [0.2, 0.25) is 0 Å². The standard InChI is InChI=1S/C23H28FN7O2/c1-29(2)15-6-8-17(24)19(12-15)31(4)21-10-9-18(27-28-21)16-7-5-14(11-20(16)32)22-25-13-30(3)23(33)26-22/h5,7,9-11,13,15,17,19,32H,6,8,12H2,1-4H3/t15?,17?,19-/m1/s1. The summed E-state index contributed by atoms with van der Waals surface area (Å²) in [6.45, 7) is 0. The zero-order valence-corrected chi connectivity index (χ0v) is 19.2. The molecule has 1 aromatic carbocycles. The van der Waals surface area contributed by atoms with E-state index in [1.165, 1.54) is 17.0 Å². The minimum atomic E-state index is -0.915. The molecule has 1 aliphatic carbocycles. The molecule has 9 nitrogen and oxygen atoms in total.